The molecule has 0 unspecified atom stereocenters. The van der Waals surface area contributed by atoms with Gasteiger partial charge in [0.15, 0.2) is 0 Å². The summed E-state index contributed by atoms with van der Waals surface area (Å²) in [5, 5.41) is 5.98. The predicted octanol–water partition coefficient (Wildman–Crippen LogP) is 3.49. The number of carbonyl (C=O) groups excluding carboxylic acids is 1. The second-order valence-corrected chi connectivity index (χ2v) is 5.56. The molecule has 0 aliphatic heterocycles. The van der Waals surface area contributed by atoms with Crippen LogP contribution >= 0.6 is 15.9 Å². The maximum absolute atomic E-state index is 11.8. The van der Waals surface area contributed by atoms with Crippen molar-refractivity contribution in [2.45, 2.75) is 13.5 Å². The van der Waals surface area contributed by atoms with Gasteiger partial charge in [0.05, 0.1) is 6.54 Å². The Hall–Kier alpha value is -1.65. The van der Waals surface area contributed by atoms with Crippen molar-refractivity contribution in [3.05, 3.63) is 64.1 Å². The minimum atomic E-state index is -0.0381. The lowest BCUT2D eigenvalue weighted by atomic mass is 10.2. The van der Waals surface area contributed by atoms with Crippen molar-refractivity contribution < 1.29 is 4.79 Å². The lowest BCUT2D eigenvalue weighted by Gasteiger charge is -2.07. The number of anilines is 1. The van der Waals surface area contributed by atoms with Gasteiger partial charge in [-0.2, -0.15) is 0 Å². The molecule has 0 fully saturated rings. The summed E-state index contributed by atoms with van der Waals surface area (Å²) in [5.41, 5.74) is 3.14. The van der Waals surface area contributed by atoms with Gasteiger partial charge in [0.2, 0.25) is 5.91 Å². The topological polar surface area (TPSA) is 41.1 Å². The van der Waals surface area contributed by atoms with Gasteiger partial charge in [-0.05, 0) is 36.8 Å². The molecular formula is C16H17BrN2O. The molecule has 0 spiro atoms. The Morgan fingerprint density at radius 2 is 1.90 bits per heavy atom. The molecule has 0 radical (unpaired) electrons. The zero-order chi connectivity index (χ0) is 14.4. The van der Waals surface area contributed by atoms with Gasteiger partial charge in [-0.15, -0.1) is 0 Å². The van der Waals surface area contributed by atoms with Crippen molar-refractivity contribution in [3.8, 4) is 0 Å². The zero-order valence-electron chi connectivity index (χ0n) is 11.3. The molecule has 0 atom stereocenters. The number of nitrogens with one attached hydrogen (secondary N) is 2. The normalized spacial score (nSPS) is 10.3. The Labute approximate surface area is 127 Å². The van der Waals surface area contributed by atoms with Gasteiger partial charge in [-0.25, -0.2) is 0 Å². The van der Waals surface area contributed by atoms with E-state index in [-0.39, 0.29) is 5.91 Å². The van der Waals surface area contributed by atoms with Gasteiger partial charge in [0.25, 0.3) is 0 Å². The molecule has 0 bridgehead atoms. The van der Waals surface area contributed by atoms with Gasteiger partial charge in [-0.1, -0.05) is 45.8 Å². The average molecular weight is 333 g/mol. The molecule has 4 heteroatoms. The van der Waals surface area contributed by atoms with E-state index in [1.54, 1.807) is 0 Å². The molecule has 2 aromatic carbocycles. The molecule has 2 N–H and O–H groups in total. The number of benzene rings is 2. The third kappa shape index (κ3) is 4.79. The van der Waals surface area contributed by atoms with Crippen LogP contribution in [-0.2, 0) is 11.3 Å². The highest BCUT2D eigenvalue weighted by Gasteiger charge is 2.02. The minimum absolute atomic E-state index is 0.0381. The van der Waals surface area contributed by atoms with E-state index in [4.69, 9.17) is 0 Å². The van der Waals surface area contributed by atoms with Gasteiger partial charge in [-0.3, -0.25) is 4.79 Å². The molecule has 3 nitrogen and oxygen atoms in total. The quantitative estimate of drug-likeness (QED) is 0.879. The zero-order valence-corrected chi connectivity index (χ0v) is 12.9. The van der Waals surface area contributed by atoms with Crippen LogP contribution in [0.5, 0.6) is 0 Å². The molecular weight excluding hydrogens is 316 g/mol. The largest absolute Gasteiger partial charge is 0.325 e. The average Bonchev–Trinajstić information content (AvgIpc) is 2.41. The smallest absolute Gasteiger partial charge is 0.238 e. The van der Waals surface area contributed by atoms with E-state index in [1.165, 1.54) is 5.56 Å². The van der Waals surface area contributed by atoms with Crippen LogP contribution in [0.1, 0.15) is 11.1 Å². The fourth-order valence-electron chi connectivity index (χ4n) is 1.81. The molecule has 20 heavy (non-hydrogen) atoms. The van der Waals surface area contributed by atoms with E-state index < -0.39 is 0 Å². The second kappa shape index (κ2) is 7.22. The maximum Gasteiger partial charge on any atom is 0.238 e. The molecule has 0 aliphatic rings. The first-order chi connectivity index (χ1) is 9.63. The van der Waals surface area contributed by atoms with Crippen molar-refractivity contribution in [1.82, 2.24) is 5.32 Å². The van der Waals surface area contributed by atoms with E-state index in [0.717, 1.165) is 15.7 Å². The summed E-state index contributed by atoms with van der Waals surface area (Å²) in [6, 6.07) is 15.8. The highest BCUT2D eigenvalue weighted by Crippen LogP contribution is 2.11. The van der Waals surface area contributed by atoms with Gasteiger partial charge in [0.1, 0.15) is 0 Å². The van der Waals surface area contributed by atoms with Crippen LogP contribution in [0, 0.1) is 6.92 Å². The molecule has 2 rings (SSSR count). The lowest BCUT2D eigenvalue weighted by molar-refractivity contribution is -0.115. The molecule has 0 aliphatic carbocycles. The Morgan fingerprint density at radius 1 is 1.15 bits per heavy atom. The van der Waals surface area contributed by atoms with Crippen LogP contribution in [-0.4, -0.2) is 12.5 Å². The van der Waals surface area contributed by atoms with Crippen molar-refractivity contribution in [3.63, 3.8) is 0 Å². The third-order valence-electron chi connectivity index (χ3n) is 2.84. The SMILES string of the molecule is Cc1ccc(NC(=O)CNCc2cccc(Br)c2)cc1. The molecule has 0 heterocycles. The summed E-state index contributed by atoms with van der Waals surface area (Å²) in [6.45, 7) is 2.98. The number of aryl methyl sites for hydroxylation is 1. The number of halogens is 1. The lowest BCUT2D eigenvalue weighted by Crippen LogP contribution is -2.27. The molecule has 0 saturated carbocycles. The van der Waals surface area contributed by atoms with Crippen molar-refractivity contribution in [1.29, 1.82) is 0 Å². The van der Waals surface area contributed by atoms with Crippen LogP contribution in [0.25, 0.3) is 0 Å². The minimum Gasteiger partial charge on any atom is -0.325 e. The first kappa shape index (κ1) is 14.8. The number of rotatable bonds is 5. The number of hydrogen-bond donors (Lipinski definition) is 2. The fourth-order valence-corrected chi connectivity index (χ4v) is 2.26. The first-order valence-electron chi connectivity index (χ1n) is 6.45. The Kier molecular flexibility index (Phi) is 5.32. The summed E-state index contributed by atoms with van der Waals surface area (Å²) in [5.74, 6) is -0.0381. The van der Waals surface area contributed by atoms with Crippen LogP contribution < -0.4 is 10.6 Å². The molecule has 2 aromatic rings. The van der Waals surface area contributed by atoms with Crippen LogP contribution in [0.15, 0.2) is 53.0 Å². The summed E-state index contributed by atoms with van der Waals surface area (Å²) in [7, 11) is 0. The summed E-state index contributed by atoms with van der Waals surface area (Å²) in [4.78, 5) is 11.8. The maximum atomic E-state index is 11.8. The Bertz CT molecular complexity index is 581. The summed E-state index contributed by atoms with van der Waals surface area (Å²) >= 11 is 3.43. The summed E-state index contributed by atoms with van der Waals surface area (Å²) in [6.07, 6.45) is 0. The number of amides is 1. The summed E-state index contributed by atoms with van der Waals surface area (Å²) < 4.78 is 1.04. The monoisotopic (exact) mass is 332 g/mol. The molecule has 1 amide bonds. The van der Waals surface area contributed by atoms with Gasteiger partial charge < -0.3 is 10.6 Å². The Morgan fingerprint density at radius 3 is 2.60 bits per heavy atom. The Balaban J connectivity index is 1.76. The highest BCUT2D eigenvalue weighted by atomic mass is 79.9. The standard InChI is InChI=1S/C16H17BrN2O/c1-12-5-7-15(8-6-12)19-16(20)11-18-10-13-3-2-4-14(17)9-13/h2-9,18H,10-11H2,1H3,(H,19,20). The van der Waals surface area contributed by atoms with E-state index in [1.807, 2.05) is 55.5 Å². The second-order valence-electron chi connectivity index (χ2n) is 4.65. The van der Waals surface area contributed by atoms with Crippen molar-refractivity contribution in [2.75, 3.05) is 11.9 Å². The highest BCUT2D eigenvalue weighted by molar-refractivity contribution is 9.10. The van der Waals surface area contributed by atoms with E-state index in [2.05, 4.69) is 26.6 Å². The van der Waals surface area contributed by atoms with E-state index >= 15 is 0 Å². The van der Waals surface area contributed by atoms with Gasteiger partial charge >= 0.3 is 0 Å². The van der Waals surface area contributed by atoms with Crippen LogP contribution in [0.3, 0.4) is 0 Å². The third-order valence-corrected chi connectivity index (χ3v) is 3.33. The molecule has 104 valence electrons. The van der Waals surface area contributed by atoms with Crippen molar-refractivity contribution in [2.24, 2.45) is 0 Å². The van der Waals surface area contributed by atoms with Crippen molar-refractivity contribution >= 4 is 27.5 Å². The molecule has 0 aromatic heterocycles. The number of hydrogen-bond acceptors (Lipinski definition) is 2. The first-order valence-corrected chi connectivity index (χ1v) is 7.24. The fraction of sp³-hybridized carbons (Fsp3) is 0.188. The van der Waals surface area contributed by atoms with E-state index in [0.29, 0.717) is 13.1 Å². The van der Waals surface area contributed by atoms with E-state index in [9.17, 15) is 4.79 Å². The van der Waals surface area contributed by atoms with Crippen LogP contribution in [0.2, 0.25) is 0 Å². The predicted molar refractivity (Wildman–Crippen MR) is 85.7 cm³/mol. The molecule has 0 saturated heterocycles. The van der Waals surface area contributed by atoms with Crippen LogP contribution in [0.4, 0.5) is 5.69 Å². The van der Waals surface area contributed by atoms with Gasteiger partial charge in [0, 0.05) is 16.7 Å². The number of carbonyl (C=O) groups is 1.